The average Bonchev–Trinajstić information content (AvgIpc) is 3.57. The van der Waals surface area contributed by atoms with Crippen LogP contribution in [0.15, 0.2) is 64.9 Å². The number of phenols is 1. The number of amides is 3. The maximum absolute atomic E-state index is 14.1. The minimum absolute atomic E-state index is 0.00420. The van der Waals surface area contributed by atoms with Crippen LogP contribution in [-0.4, -0.2) is 82.6 Å². The summed E-state index contributed by atoms with van der Waals surface area (Å²) in [5, 5.41) is 30.1. The normalized spacial score (nSPS) is 17.4. The topological polar surface area (TPSA) is 152 Å². The van der Waals surface area contributed by atoms with Gasteiger partial charge in [0.25, 0.3) is 0 Å². The van der Waals surface area contributed by atoms with Gasteiger partial charge in [-0.2, -0.15) is 4.31 Å². The van der Waals surface area contributed by atoms with Crippen LogP contribution in [-0.2, 0) is 27.8 Å². The number of benzene rings is 2. The second kappa shape index (κ2) is 15.4. The molecule has 4 N–H and O–H groups in total. The van der Waals surface area contributed by atoms with Gasteiger partial charge in [0.05, 0.1) is 46.2 Å². The maximum Gasteiger partial charge on any atom is 0.318 e. The number of phenolic OH excluding ortho intramolecular Hbond substituents is 1. The summed E-state index contributed by atoms with van der Waals surface area (Å²) in [6.07, 6.45) is -1.00. The number of rotatable bonds is 15. The quantitative estimate of drug-likeness (QED) is 0.192. The number of aromatic hydroxyl groups is 1. The number of aromatic nitrogens is 1. The first kappa shape index (κ1) is 35.3. The second-order valence-electron chi connectivity index (χ2n) is 12.6. The smallest absolute Gasteiger partial charge is 0.318 e. The summed E-state index contributed by atoms with van der Waals surface area (Å²) in [5.41, 5.74) is 1.62. The number of nitrogens with one attached hydrogen (secondary N) is 2. The number of sulfonamides is 1. The van der Waals surface area contributed by atoms with Crippen molar-refractivity contribution in [1.82, 2.24) is 24.8 Å². The van der Waals surface area contributed by atoms with Crippen molar-refractivity contribution in [2.75, 3.05) is 19.6 Å². The SMILES string of the molecule is Cc1nc(CN2C(=O)NCC2[C@@H](C(=O)N[C@@H](Cc2ccccc2)[C@H](O)CN(CC(C)C)S(=O)(=O)c2ccc(O)cc2)C(C)C)cs1. The van der Waals surface area contributed by atoms with Crippen LogP contribution in [0.5, 0.6) is 5.75 Å². The molecule has 4 rings (SSSR count). The van der Waals surface area contributed by atoms with Gasteiger partial charge in [0, 0.05) is 25.0 Å². The summed E-state index contributed by atoms with van der Waals surface area (Å²) in [5.74, 6) is -1.20. The molecule has 0 radical (unpaired) electrons. The Kier molecular flexibility index (Phi) is 11.8. The lowest BCUT2D eigenvalue weighted by molar-refractivity contribution is -0.129. The number of carbonyl (C=O) groups excluding carboxylic acids is 2. The van der Waals surface area contributed by atoms with Crippen molar-refractivity contribution >= 4 is 33.3 Å². The lowest BCUT2D eigenvalue weighted by Crippen LogP contribution is -2.55. The molecule has 3 amide bonds. The third-order valence-electron chi connectivity index (χ3n) is 8.08. The van der Waals surface area contributed by atoms with Crippen molar-refractivity contribution in [3.05, 3.63) is 76.2 Å². The lowest BCUT2D eigenvalue weighted by Gasteiger charge is -2.35. The van der Waals surface area contributed by atoms with Crippen LogP contribution in [0, 0.1) is 24.7 Å². The van der Waals surface area contributed by atoms with E-state index in [2.05, 4.69) is 15.6 Å². The minimum Gasteiger partial charge on any atom is -0.508 e. The molecule has 1 unspecified atom stereocenters. The maximum atomic E-state index is 14.1. The number of urea groups is 1. The van der Waals surface area contributed by atoms with E-state index in [-0.39, 0.29) is 67.0 Å². The molecule has 1 fully saturated rings. The van der Waals surface area contributed by atoms with E-state index < -0.39 is 34.1 Å². The molecule has 1 aliphatic heterocycles. The predicted octanol–water partition coefficient (Wildman–Crippen LogP) is 3.76. The highest BCUT2D eigenvalue weighted by atomic mass is 32.2. The number of hydrogen-bond donors (Lipinski definition) is 4. The van der Waals surface area contributed by atoms with E-state index in [9.17, 15) is 28.2 Å². The van der Waals surface area contributed by atoms with Gasteiger partial charge in [-0.1, -0.05) is 58.0 Å². The number of carbonyl (C=O) groups is 2. The van der Waals surface area contributed by atoms with Crippen molar-refractivity contribution in [3.8, 4) is 5.75 Å². The first-order valence-corrected chi connectivity index (χ1v) is 17.8. The Hall–Kier alpha value is -3.52. The molecule has 1 aliphatic rings. The third kappa shape index (κ3) is 8.84. The molecule has 46 heavy (non-hydrogen) atoms. The van der Waals surface area contributed by atoms with Gasteiger partial charge in [-0.05, 0) is 55.0 Å². The van der Waals surface area contributed by atoms with Gasteiger partial charge in [-0.15, -0.1) is 11.3 Å². The molecular formula is C33H45N5O6S2. The summed E-state index contributed by atoms with van der Waals surface area (Å²) in [7, 11) is -4.04. The Labute approximate surface area is 275 Å². The number of aliphatic hydroxyl groups excluding tert-OH is 1. The fourth-order valence-corrected chi connectivity index (χ4v) is 8.08. The molecule has 0 bridgehead atoms. The molecule has 0 saturated carbocycles. The lowest BCUT2D eigenvalue weighted by atomic mass is 9.86. The standard InChI is InChI=1S/C33H45N5O6S2/c1-21(2)17-37(46(43,44)27-13-11-26(39)12-14-27)19-30(40)28(15-24-9-7-6-8-10-24)36-32(41)31(22(3)4)29-16-34-33(42)38(29)18-25-20-45-23(5)35-25/h6-14,20-22,28-31,39-40H,15-19H2,1-5H3,(H,34,42)(H,36,41)/t28-,29?,30+,31-/m0/s1. The zero-order valence-corrected chi connectivity index (χ0v) is 28.6. The monoisotopic (exact) mass is 671 g/mol. The zero-order chi connectivity index (χ0) is 33.6. The third-order valence-corrected chi connectivity index (χ3v) is 10.8. The minimum atomic E-state index is -4.04. The van der Waals surface area contributed by atoms with Crippen LogP contribution in [0.2, 0.25) is 0 Å². The van der Waals surface area contributed by atoms with Gasteiger partial charge in [-0.25, -0.2) is 18.2 Å². The van der Waals surface area contributed by atoms with Gasteiger partial charge >= 0.3 is 6.03 Å². The molecule has 1 saturated heterocycles. The van der Waals surface area contributed by atoms with Crippen molar-refractivity contribution < 1.29 is 28.2 Å². The number of thiazole rings is 1. The molecule has 4 atom stereocenters. The van der Waals surface area contributed by atoms with Crippen LogP contribution in [0.4, 0.5) is 4.79 Å². The van der Waals surface area contributed by atoms with E-state index in [1.807, 2.05) is 70.3 Å². The fourth-order valence-electron chi connectivity index (χ4n) is 5.85. The summed E-state index contributed by atoms with van der Waals surface area (Å²) < 4.78 is 28.6. The first-order chi connectivity index (χ1) is 21.8. The largest absolute Gasteiger partial charge is 0.508 e. The van der Waals surface area contributed by atoms with Gasteiger partial charge in [-0.3, -0.25) is 4.79 Å². The Morgan fingerprint density at radius 1 is 1.11 bits per heavy atom. The Morgan fingerprint density at radius 2 is 1.78 bits per heavy atom. The van der Waals surface area contributed by atoms with E-state index in [0.29, 0.717) is 0 Å². The molecule has 11 nitrogen and oxygen atoms in total. The highest BCUT2D eigenvalue weighted by Gasteiger charge is 2.42. The highest BCUT2D eigenvalue weighted by molar-refractivity contribution is 7.89. The number of nitrogens with zero attached hydrogens (tertiary/aromatic N) is 3. The van der Waals surface area contributed by atoms with Crippen LogP contribution in [0.3, 0.4) is 0 Å². The van der Waals surface area contributed by atoms with E-state index in [0.717, 1.165) is 16.3 Å². The van der Waals surface area contributed by atoms with Crippen LogP contribution >= 0.6 is 11.3 Å². The molecular weight excluding hydrogens is 627 g/mol. The zero-order valence-electron chi connectivity index (χ0n) is 27.0. The molecule has 250 valence electrons. The number of hydrogen-bond acceptors (Lipinski definition) is 8. The summed E-state index contributed by atoms with van der Waals surface area (Å²) in [6, 6.07) is 13.1. The fraction of sp³-hybridized carbons (Fsp3) is 0.485. The average molecular weight is 672 g/mol. The van der Waals surface area contributed by atoms with Crippen molar-refractivity contribution in [2.45, 2.75) is 70.7 Å². The molecule has 13 heteroatoms. The second-order valence-corrected chi connectivity index (χ2v) is 15.6. The number of aryl methyl sites for hydroxylation is 1. The van der Waals surface area contributed by atoms with Crippen molar-refractivity contribution in [3.63, 3.8) is 0 Å². The Bertz CT molecular complexity index is 1560. The molecule has 0 spiro atoms. The van der Waals surface area contributed by atoms with E-state index in [1.54, 1.807) is 4.90 Å². The Balaban J connectivity index is 1.60. The van der Waals surface area contributed by atoms with Gasteiger partial charge in [0.2, 0.25) is 15.9 Å². The number of aliphatic hydroxyl groups is 1. The molecule has 2 aromatic carbocycles. The summed E-state index contributed by atoms with van der Waals surface area (Å²) in [4.78, 5) is 33.2. The summed E-state index contributed by atoms with van der Waals surface area (Å²) >= 11 is 1.50. The molecule has 0 aliphatic carbocycles. The van der Waals surface area contributed by atoms with E-state index in [4.69, 9.17) is 0 Å². The van der Waals surface area contributed by atoms with Crippen LogP contribution in [0.1, 0.15) is 44.0 Å². The van der Waals surface area contributed by atoms with E-state index >= 15 is 0 Å². The Morgan fingerprint density at radius 3 is 2.37 bits per heavy atom. The summed E-state index contributed by atoms with van der Waals surface area (Å²) in [6.45, 7) is 9.97. The van der Waals surface area contributed by atoms with Gasteiger partial charge in [0.1, 0.15) is 5.75 Å². The highest BCUT2D eigenvalue weighted by Crippen LogP contribution is 2.27. The van der Waals surface area contributed by atoms with Gasteiger partial charge < -0.3 is 25.7 Å². The predicted molar refractivity (Wildman–Crippen MR) is 178 cm³/mol. The van der Waals surface area contributed by atoms with Crippen LogP contribution in [0.25, 0.3) is 0 Å². The first-order valence-electron chi connectivity index (χ1n) is 15.5. The van der Waals surface area contributed by atoms with Crippen molar-refractivity contribution in [1.29, 1.82) is 0 Å². The molecule has 1 aromatic heterocycles. The van der Waals surface area contributed by atoms with Crippen LogP contribution < -0.4 is 10.6 Å². The van der Waals surface area contributed by atoms with E-state index in [1.165, 1.54) is 39.9 Å². The molecule has 2 heterocycles. The van der Waals surface area contributed by atoms with Gasteiger partial charge in [0.15, 0.2) is 0 Å². The molecule has 3 aromatic rings. The van der Waals surface area contributed by atoms with Crippen molar-refractivity contribution in [2.24, 2.45) is 17.8 Å².